The van der Waals surface area contributed by atoms with Crippen LogP contribution in [0.25, 0.3) is 0 Å². The van der Waals surface area contributed by atoms with Gasteiger partial charge in [-0.25, -0.2) is 0 Å². The average molecular weight is 256 g/mol. The number of amidine groups is 1. The van der Waals surface area contributed by atoms with E-state index in [-0.39, 0.29) is 0 Å². The normalized spacial score (nSPS) is 33.0. The minimum absolute atomic E-state index is 0.459. The summed E-state index contributed by atoms with van der Waals surface area (Å²) in [5, 5.41) is 4.74. The Hall–Kier alpha value is -0.220. The van der Waals surface area contributed by atoms with Crippen LogP contribution < -0.4 is 5.32 Å². The summed E-state index contributed by atoms with van der Waals surface area (Å²) in [7, 11) is 0. The standard InChI is InChI=1S/C13H24N2OS/c1-9-8-17-13(14-10(9)2)15-11(3)12-4-6-16-7-5-12/h9-12H,4-8H2,1-3H3,(H,14,15). The summed E-state index contributed by atoms with van der Waals surface area (Å²) in [6, 6.07) is 0.978. The minimum atomic E-state index is 0.459. The van der Waals surface area contributed by atoms with Gasteiger partial charge in [-0.15, -0.1) is 0 Å². The lowest BCUT2D eigenvalue weighted by Crippen LogP contribution is -2.41. The highest BCUT2D eigenvalue weighted by atomic mass is 32.2. The van der Waals surface area contributed by atoms with Crippen LogP contribution in [0.4, 0.5) is 0 Å². The molecule has 0 aromatic carbocycles. The van der Waals surface area contributed by atoms with Crippen molar-refractivity contribution in [2.45, 2.75) is 45.7 Å². The van der Waals surface area contributed by atoms with E-state index in [9.17, 15) is 0 Å². The lowest BCUT2D eigenvalue weighted by molar-refractivity contribution is 0.0583. The molecule has 1 N–H and O–H groups in total. The zero-order valence-corrected chi connectivity index (χ0v) is 11.9. The molecule has 0 saturated carbocycles. The fourth-order valence-electron chi connectivity index (χ4n) is 2.31. The SMILES string of the molecule is CC1CSC(NC(C)C2CCOCC2)=NC1C. The van der Waals surface area contributed by atoms with Crippen LogP contribution in [0.5, 0.6) is 0 Å². The number of hydrogen-bond acceptors (Lipinski definition) is 4. The molecule has 0 bridgehead atoms. The van der Waals surface area contributed by atoms with Gasteiger partial charge >= 0.3 is 0 Å². The van der Waals surface area contributed by atoms with E-state index in [4.69, 9.17) is 9.73 Å². The van der Waals surface area contributed by atoms with Crippen molar-refractivity contribution in [1.82, 2.24) is 5.32 Å². The number of nitrogens with zero attached hydrogens (tertiary/aromatic N) is 1. The molecule has 0 aromatic heterocycles. The van der Waals surface area contributed by atoms with Crippen LogP contribution in [0.1, 0.15) is 33.6 Å². The van der Waals surface area contributed by atoms with Crippen molar-refractivity contribution in [2.24, 2.45) is 16.8 Å². The van der Waals surface area contributed by atoms with Gasteiger partial charge < -0.3 is 10.1 Å². The van der Waals surface area contributed by atoms with Gasteiger partial charge in [0.15, 0.2) is 5.17 Å². The quantitative estimate of drug-likeness (QED) is 0.824. The molecule has 2 heterocycles. The Bertz CT molecular complexity index is 277. The third kappa shape index (κ3) is 3.62. The molecule has 1 fully saturated rings. The second-order valence-corrected chi connectivity index (χ2v) is 6.35. The van der Waals surface area contributed by atoms with E-state index in [0.717, 1.165) is 24.3 Å². The zero-order chi connectivity index (χ0) is 12.3. The summed E-state index contributed by atoms with van der Waals surface area (Å²) in [6.07, 6.45) is 2.36. The van der Waals surface area contributed by atoms with E-state index in [1.54, 1.807) is 0 Å². The summed E-state index contributed by atoms with van der Waals surface area (Å²) in [6.45, 7) is 8.61. The lowest BCUT2D eigenvalue weighted by Gasteiger charge is -2.31. The van der Waals surface area contributed by atoms with Gasteiger partial charge in [-0.3, -0.25) is 4.99 Å². The first kappa shape index (κ1) is 13.2. The molecule has 4 heteroatoms. The van der Waals surface area contributed by atoms with Crippen LogP contribution in [0, 0.1) is 11.8 Å². The Kier molecular flexibility index (Phi) is 4.74. The fraction of sp³-hybridized carbons (Fsp3) is 0.923. The highest BCUT2D eigenvalue weighted by Crippen LogP contribution is 2.24. The Morgan fingerprint density at radius 3 is 2.71 bits per heavy atom. The van der Waals surface area contributed by atoms with E-state index in [1.165, 1.54) is 18.6 Å². The maximum absolute atomic E-state index is 5.41. The molecule has 98 valence electrons. The summed E-state index contributed by atoms with van der Waals surface area (Å²) in [4.78, 5) is 4.74. The molecular formula is C13H24N2OS. The van der Waals surface area contributed by atoms with Crippen LogP contribution in [0.3, 0.4) is 0 Å². The number of aliphatic imine (C=N–C) groups is 1. The first-order valence-electron chi connectivity index (χ1n) is 6.71. The van der Waals surface area contributed by atoms with Crippen LogP contribution in [0.2, 0.25) is 0 Å². The molecule has 17 heavy (non-hydrogen) atoms. The van der Waals surface area contributed by atoms with E-state index >= 15 is 0 Å². The van der Waals surface area contributed by atoms with Crippen molar-refractivity contribution >= 4 is 16.9 Å². The molecule has 0 spiro atoms. The molecule has 2 aliphatic rings. The molecule has 0 aliphatic carbocycles. The van der Waals surface area contributed by atoms with Gasteiger partial charge in [0.1, 0.15) is 0 Å². The number of hydrogen-bond donors (Lipinski definition) is 1. The highest BCUT2D eigenvalue weighted by molar-refractivity contribution is 8.13. The number of rotatable bonds is 2. The molecular weight excluding hydrogens is 232 g/mol. The Morgan fingerprint density at radius 1 is 1.35 bits per heavy atom. The van der Waals surface area contributed by atoms with Gasteiger partial charge in [-0.2, -0.15) is 0 Å². The van der Waals surface area contributed by atoms with Crippen LogP contribution in [0.15, 0.2) is 4.99 Å². The van der Waals surface area contributed by atoms with E-state index in [0.29, 0.717) is 18.0 Å². The summed E-state index contributed by atoms with van der Waals surface area (Å²) >= 11 is 1.88. The van der Waals surface area contributed by atoms with E-state index in [2.05, 4.69) is 26.1 Å². The third-order valence-electron chi connectivity index (χ3n) is 3.95. The molecule has 2 rings (SSSR count). The summed E-state index contributed by atoms with van der Waals surface area (Å²) in [5.41, 5.74) is 0. The number of ether oxygens (including phenoxy) is 1. The molecule has 0 radical (unpaired) electrons. The first-order chi connectivity index (χ1) is 8.16. The zero-order valence-electron chi connectivity index (χ0n) is 11.1. The second kappa shape index (κ2) is 6.10. The third-order valence-corrected chi connectivity index (χ3v) is 5.14. The number of thioether (sulfide) groups is 1. The Labute approximate surface area is 109 Å². The maximum Gasteiger partial charge on any atom is 0.157 e. The van der Waals surface area contributed by atoms with Crippen LogP contribution in [-0.2, 0) is 4.74 Å². The van der Waals surface area contributed by atoms with Crippen LogP contribution >= 0.6 is 11.8 Å². The van der Waals surface area contributed by atoms with Crippen molar-refractivity contribution in [2.75, 3.05) is 19.0 Å². The molecule has 3 atom stereocenters. The maximum atomic E-state index is 5.41. The largest absolute Gasteiger partial charge is 0.381 e. The van der Waals surface area contributed by atoms with Crippen molar-refractivity contribution in [3.05, 3.63) is 0 Å². The molecule has 3 nitrogen and oxygen atoms in total. The molecule has 0 aromatic rings. The average Bonchev–Trinajstić information content (AvgIpc) is 2.35. The minimum Gasteiger partial charge on any atom is -0.381 e. The summed E-state index contributed by atoms with van der Waals surface area (Å²) in [5.74, 6) is 2.62. The van der Waals surface area contributed by atoms with Gasteiger partial charge in [-0.05, 0) is 38.5 Å². The van der Waals surface area contributed by atoms with Crippen molar-refractivity contribution in [3.63, 3.8) is 0 Å². The van der Waals surface area contributed by atoms with Gasteiger partial charge in [0.05, 0.1) is 6.04 Å². The second-order valence-electron chi connectivity index (χ2n) is 5.35. The molecule has 1 saturated heterocycles. The van der Waals surface area contributed by atoms with E-state index in [1.807, 2.05) is 11.8 Å². The fourth-order valence-corrected chi connectivity index (χ4v) is 3.52. The predicted molar refractivity (Wildman–Crippen MR) is 74.7 cm³/mol. The monoisotopic (exact) mass is 256 g/mol. The van der Waals surface area contributed by atoms with Gasteiger partial charge in [0, 0.05) is 25.0 Å². The van der Waals surface area contributed by atoms with Crippen molar-refractivity contribution in [3.8, 4) is 0 Å². The van der Waals surface area contributed by atoms with Crippen molar-refractivity contribution in [1.29, 1.82) is 0 Å². The molecule has 0 amide bonds. The Balaban J connectivity index is 1.85. The van der Waals surface area contributed by atoms with Gasteiger partial charge in [0.25, 0.3) is 0 Å². The van der Waals surface area contributed by atoms with Crippen LogP contribution in [-0.4, -0.2) is 36.2 Å². The molecule has 3 unspecified atom stereocenters. The Morgan fingerprint density at radius 2 is 2.06 bits per heavy atom. The smallest absolute Gasteiger partial charge is 0.157 e. The highest BCUT2D eigenvalue weighted by Gasteiger charge is 2.24. The van der Waals surface area contributed by atoms with Gasteiger partial charge in [-0.1, -0.05) is 18.7 Å². The topological polar surface area (TPSA) is 33.6 Å². The van der Waals surface area contributed by atoms with Gasteiger partial charge in [0.2, 0.25) is 0 Å². The van der Waals surface area contributed by atoms with Crippen molar-refractivity contribution < 1.29 is 4.74 Å². The predicted octanol–water partition coefficient (Wildman–Crippen LogP) is 2.52. The van der Waals surface area contributed by atoms with E-state index < -0.39 is 0 Å². The lowest BCUT2D eigenvalue weighted by atomic mass is 9.93. The summed E-state index contributed by atoms with van der Waals surface area (Å²) < 4.78 is 5.41. The molecule has 2 aliphatic heterocycles. The number of nitrogens with one attached hydrogen (secondary N) is 1. The first-order valence-corrected chi connectivity index (χ1v) is 7.70.